The molecule has 0 aliphatic rings. The molecule has 0 spiro atoms. The molecule has 0 saturated carbocycles. The smallest absolute Gasteiger partial charge is 0.358 e. The van der Waals surface area contributed by atoms with Gasteiger partial charge in [0.05, 0.1) is 0 Å². The Balaban J connectivity index is 0.00000147. The molecule has 0 N–H and O–H groups in total. The van der Waals surface area contributed by atoms with E-state index in [4.69, 9.17) is 0 Å². The fourth-order valence-electron chi connectivity index (χ4n) is 2.67. The summed E-state index contributed by atoms with van der Waals surface area (Å²) in [7, 11) is 0. The Bertz CT molecular complexity index is 690. The van der Waals surface area contributed by atoms with Gasteiger partial charge in [0.15, 0.2) is 0 Å². The van der Waals surface area contributed by atoms with E-state index < -0.39 is 0 Å². The van der Waals surface area contributed by atoms with Gasteiger partial charge in [0.1, 0.15) is 0 Å². The standard InChI is InChI=1S/C19H19.2CH3.Zr/c1-3-14-8-10-16(11-9-14)18-7-5-6-17-12-15(4-2)13-19(17)18;;;/h5-13H,3-4H2,1-2H3;2*1H3;/q3*-1;+3. The minimum absolute atomic E-state index is 0. The minimum atomic E-state index is 0. The molecule has 0 fully saturated rings. The van der Waals surface area contributed by atoms with Crippen LogP contribution >= 0.6 is 0 Å². The Morgan fingerprint density at radius 1 is 0.864 bits per heavy atom. The summed E-state index contributed by atoms with van der Waals surface area (Å²) in [5, 5.41) is 2.73. The summed E-state index contributed by atoms with van der Waals surface area (Å²) in [5.41, 5.74) is 5.48. The van der Waals surface area contributed by atoms with Gasteiger partial charge in [-0.3, -0.25) is 0 Å². The first-order chi connectivity index (χ1) is 9.31. The van der Waals surface area contributed by atoms with Gasteiger partial charge in [-0.1, -0.05) is 49.7 Å². The van der Waals surface area contributed by atoms with Crippen LogP contribution in [0.15, 0.2) is 54.6 Å². The molecule has 0 nitrogen and oxygen atoms in total. The third-order valence-corrected chi connectivity index (χ3v) is 3.89. The normalized spacial score (nSPS) is 9.55. The zero-order chi connectivity index (χ0) is 13.2. The summed E-state index contributed by atoms with van der Waals surface area (Å²) in [6.07, 6.45) is 2.20. The van der Waals surface area contributed by atoms with Gasteiger partial charge < -0.3 is 14.9 Å². The Morgan fingerprint density at radius 2 is 1.55 bits per heavy atom. The van der Waals surface area contributed by atoms with Gasteiger partial charge >= 0.3 is 26.2 Å². The monoisotopic (exact) mass is 367 g/mol. The van der Waals surface area contributed by atoms with Crippen LogP contribution < -0.4 is 0 Å². The molecule has 0 aliphatic heterocycles. The Hall–Kier alpha value is -1.07. The van der Waals surface area contributed by atoms with Crippen molar-refractivity contribution in [3.8, 4) is 11.1 Å². The van der Waals surface area contributed by atoms with Crippen molar-refractivity contribution >= 4 is 10.8 Å². The first-order valence-electron chi connectivity index (χ1n) is 7.09. The van der Waals surface area contributed by atoms with E-state index in [1.165, 1.54) is 33.0 Å². The van der Waals surface area contributed by atoms with E-state index in [9.17, 15) is 0 Å². The topological polar surface area (TPSA) is 0 Å². The fraction of sp³-hybridized carbons (Fsp3) is 0.190. The summed E-state index contributed by atoms with van der Waals surface area (Å²) in [4.78, 5) is 0. The van der Waals surface area contributed by atoms with E-state index in [0.29, 0.717) is 0 Å². The van der Waals surface area contributed by atoms with E-state index in [1.54, 1.807) is 0 Å². The fourth-order valence-corrected chi connectivity index (χ4v) is 2.67. The molecule has 0 saturated heterocycles. The second-order valence-electron chi connectivity index (χ2n) is 5.08. The maximum atomic E-state index is 2.33. The van der Waals surface area contributed by atoms with Gasteiger partial charge in [-0.15, -0.1) is 34.5 Å². The maximum Gasteiger partial charge on any atom is 3.00 e. The van der Waals surface area contributed by atoms with E-state index in [2.05, 4.69) is 68.4 Å². The number of aryl methyl sites for hydroxylation is 2. The largest absolute Gasteiger partial charge is 3.00 e. The number of fused-ring (bicyclic) bond motifs is 1. The summed E-state index contributed by atoms with van der Waals surface area (Å²) >= 11 is 0. The van der Waals surface area contributed by atoms with E-state index in [0.717, 1.165) is 12.8 Å². The quantitative estimate of drug-likeness (QED) is 0.479. The van der Waals surface area contributed by atoms with Crippen LogP contribution in [-0.2, 0) is 39.0 Å². The molecule has 1 radical (unpaired) electrons. The molecule has 0 unspecified atom stereocenters. The maximum absolute atomic E-state index is 2.33. The molecule has 22 heavy (non-hydrogen) atoms. The first-order valence-corrected chi connectivity index (χ1v) is 7.09. The van der Waals surface area contributed by atoms with E-state index in [1.807, 2.05) is 0 Å². The second-order valence-corrected chi connectivity index (χ2v) is 5.08. The molecule has 0 atom stereocenters. The third kappa shape index (κ3) is 4.02. The average molecular weight is 369 g/mol. The number of benzene rings is 2. The molecule has 0 bridgehead atoms. The molecule has 0 amide bonds. The minimum Gasteiger partial charge on any atom is -0.358 e. The van der Waals surface area contributed by atoms with Crippen molar-refractivity contribution in [3.63, 3.8) is 0 Å². The number of hydrogen-bond acceptors (Lipinski definition) is 0. The molecular formula is C21H25Zr. The van der Waals surface area contributed by atoms with Crippen molar-refractivity contribution in [1.82, 2.24) is 0 Å². The average Bonchev–Trinajstić information content (AvgIpc) is 2.90. The Morgan fingerprint density at radius 3 is 2.14 bits per heavy atom. The van der Waals surface area contributed by atoms with Gasteiger partial charge in [-0.25, -0.2) is 0 Å². The Labute approximate surface area is 155 Å². The van der Waals surface area contributed by atoms with Crippen molar-refractivity contribution in [1.29, 1.82) is 0 Å². The van der Waals surface area contributed by atoms with Crippen LogP contribution in [0.3, 0.4) is 0 Å². The van der Waals surface area contributed by atoms with Crippen LogP contribution in [0.1, 0.15) is 25.0 Å². The van der Waals surface area contributed by atoms with Crippen LogP contribution in [-0.4, -0.2) is 0 Å². The summed E-state index contributed by atoms with van der Waals surface area (Å²) in [6.45, 7) is 4.41. The predicted octanol–water partition coefficient (Wildman–Crippen LogP) is 6.25. The van der Waals surface area contributed by atoms with Gasteiger partial charge in [-0.05, 0) is 24.0 Å². The van der Waals surface area contributed by atoms with Crippen molar-refractivity contribution in [2.75, 3.05) is 0 Å². The van der Waals surface area contributed by atoms with Gasteiger partial charge in [0.25, 0.3) is 0 Å². The van der Waals surface area contributed by atoms with Gasteiger partial charge in [0.2, 0.25) is 0 Å². The van der Waals surface area contributed by atoms with Crippen LogP contribution in [0.5, 0.6) is 0 Å². The van der Waals surface area contributed by atoms with Gasteiger partial charge in [0, 0.05) is 0 Å². The van der Waals surface area contributed by atoms with Crippen LogP contribution in [0, 0.1) is 14.9 Å². The van der Waals surface area contributed by atoms with Gasteiger partial charge in [-0.2, -0.15) is 6.07 Å². The van der Waals surface area contributed by atoms with Crippen LogP contribution in [0.25, 0.3) is 21.9 Å². The molecule has 3 rings (SSSR count). The zero-order valence-electron chi connectivity index (χ0n) is 14.1. The van der Waals surface area contributed by atoms with Crippen molar-refractivity contribution in [2.24, 2.45) is 0 Å². The first kappa shape index (κ1) is 20.9. The van der Waals surface area contributed by atoms with Crippen molar-refractivity contribution in [2.45, 2.75) is 26.7 Å². The summed E-state index contributed by atoms with van der Waals surface area (Å²) < 4.78 is 0. The summed E-state index contributed by atoms with van der Waals surface area (Å²) in [6, 6.07) is 20.2. The Kier molecular flexibility index (Phi) is 8.71. The molecular weight excluding hydrogens is 343 g/mol. The molecule has 3 aromatic carbocycles. The molecule has 0 heterocycles. The van der Waals surface area contributed by atoms with E-state index >= 15 is 0 Å². The molecule has 0 aromatic heterocycles. The summed E-state index contributed by atoms with van der Waals surface area (Å²) in [5.74, 6) is 0. The number of rotatable bonds is 3. The third-order valence-electron chi connectivity index (χ3n) is 3.89. The van der Waals surface area contributed by atoms with Crippen molar-refractivity contribution < 1.29 is 26.2 Å². The number of hydrogen-bond donors (Lipinski definition) is 0. The zero-order valence-corrected chi connectivity index (χ0v) is 16.6. The predicted molar refractivity (Wildman–Crippen MR) is 96.6 cm³/mol. The SMILES string of the molecule is CCc1ccc(-c2cccc3[cH-]c(CC)cc23)cc1.[CH3-].[CH3-].[Zr+3]. The van der Waals surface area contributed by atoms with E-state index in [-0.39, 0.29) is 41.1 Å². The molecule has 1 heteroatoms. The second kappa shape index (κ2) is 9.16. The molecule has 0 aliphatic carbocycles. The molecule has 3 aromatic rings. The molecule has 113 valence electrons. The van der Waals surface area contributed by atoms with Crippen molar-refractivity contribution in [3.05, 3.63) is 80.6 Å². The van der Waals surface area contributed by atoms with Crippen LogP contribution in [0.4, 0.5) is 0 Å². The van der Waals surface area contributed by atoms with Crippen LogP contribution in [0.2, 0.25) is 0 Å².